The SMILES string of the molecule is CCNc1nc(NCC)n2c(SCC(=O)Nc3ccccc3N3CCC(C(N)=O)CC3)nnc2n1. The number of hydrogen-bond acceptors (Lipinski definition) is 10. The quantitative estimate of drug-likeness (QED) is 0.304. The lowest BCUT2D eigenvalue weighted by atomic mass is 9.96. The van der Waals surface area contributed by atoms with Crippen molar-refractivity contribution in [1.29, 1.82) is 0 Å². The van der Waals surface area contributed by atoms with Crippen LogP contribution in [0.15, 0.2) is 29.4 Å². The van der Waals surface area contributed by atoms with Gasteiger partial charge in [0.15, 0.2) is 5.16 Å². The molecule has 1 aliphatic rings. The van der Waals surface area contributed by atoms with Crippen molar-refractivity contribution in [2.24, 2.45) is 11.7 Å². The summed E-state index contributed by atoms with van der Waals surface area (Å²) in [4.78, 5) is 35.4. The van der Waals surface area contributed by atoms with Gasteiger partial charge in [0.05, 0.1) is 17.1 Å². The molecule has 0 atom stereocenters. The van der Waals surface area contributed by atoms with E-state index < -0.39 is 0 Å². The van der Waals surface area contributed by atoms with E-state index in [0.29, 0.717) is 61.9 Å². The molecule has 12 nitrogen and oxygen atoms in total. The smallest absolute Gasteiger partial charge is 0.261 e. The van der Waals surface area contributed by atoms with E-state index in [1.165, 1.54) is 11.8 Å². The fourth-order valence-corrected chi connectivity index (χ4v) is 4.70. The van der Waals surface area contributed by atoms with Crippen LogP contribution in [0.5, 0.6) is 0 Å². The van der Waals surface area contributed by atoms with Crippen LogP contribution in [0.3, 0.4) is 0 Å². The third kappa shape index (κ3) is 5.73. The van der Waals surface area contributed by atoms with Crippen molar-refractivity contribution >= 4 is 52.6 Å². The van der Waals surface area contributed by atoms with Gasteiger partial charge in [0.25, 0.3) is 5.78 Å². The molecule has 13 heteroatoms. The standard InChI is InChI=1S/C22H30N10O2S/c1-3-24-19-27-20(25-4-2)32-21(28-19)29-30-22(32)35-13-17(33)26-15-7-5-6-8-16(15)31-11-9-14(10-12-31)18(23)34/h5-8,14H,3-4,9-13H2,1-2H3,(H2,23,34)(H,26,33)(H2,24,25,27,28,29). The number of rotatable bonds is 10. The zero-order valence-corrected chi connectivity index (χ0v) is 20.6. The second-order valence-corrected chi connectivity index (χ2v) is 9.01. The molecule has 0 aliphatic carbocycles. The minimum atomic E-state index is -0.246. The van der Waals surface area contributed by atoms with E-state index >= 15 is 0 Å². The first kappa shape index (κ1) is 24.5. The highest BCUT2D eigenvalue weighted by atomic mass is 32.2. The summed E-state index contributed by atoms with van der Waals surface area (Å²) in [6, 6.07) is 7.67. The summed E-state index contributed by atoms with van der Waals surface area (Å²) < 4.78 is 1.71. The van der Waals surface area contributed by atoms with Gasteiger partial charge in [-0.15, -0.1) is 10.2 Å². The number of para-hydroxylation sites is 2. The predicted octanol–water partition coefficient (Wildman–Crippen LogP) is 1.82. The summed E-state index contributed by atoms with van der Waals surface area (Å²) in [5.41, 5.74) is 7.12. The van der Waals surface area contributed by atoms with Crippen molar-refractivity contribution in [3.63, 3.8) is 0 Å². The molecule has 1 aromatic carbocycles. The molecule has 4 rings (SSSR count). The first-order valence-corrected chi connectivity index (χ1v) is 12.7. The fourth-order valence-electron chi connectivity index (χ4n) is 3.97. The largest absolute Gasteiger partial charge is 0.370 e. The molecule has 0 bridgehead atoms. The van der Waals surface area contributed by atoms with Crippen LogP contribution < -0.4 is 26.6 Å². The van der Waals surface area contributed by atoms with Crippen molar-refractivity contribution in [2.75, 3.05) is 52.8 Å². The predicted molar refractivity (Wildman–Crippen MR) is 137 cm³/mol. The molecule has 2 amide bonds. The molecule has 1 fully saturated rings. The Hall–Kier alpha value is -3.61. The highest BCUT2D eigenvalue weighted by Crippen LogP contribution is 2.30. The minimum absolute atomic E-state index is 0.0905. The number of primary amides is 1. The highest BCUT2D eigenvalue weighted by Gasteiger charge is 2.24. The third-order valence-corrected chi connectivity index (χ3v) is 6.59. The Labute approximate surface area is 207 Å². The summed E-state index contributed by atoms with van der Waals surface area (Å²) >= 11 is 1.26. The highest BCUT2D eigenvalue weighted by molar-refractivity contribution is 7.99. The van der Waals surface area contributed by atoms with Gasteiger partial charge in [-0.2, -0.15) is 9.97 Å². The number of thioether (sulfide) groups is 1. The van der Waals surface area contributed by atoms with Crippen LogP contribution in [-0.4, -0.2) is 68.3 Å². The van der Waals surface area contributed by atoms with E-state index in [4.69, 9.17) is 5.73 Å². The summed E-state index contributed by atoms with van der Waals surface area (Å²) in [7, 11) is 0. The van der Waals surface area contributed by atoms with Crippen LogP contribution in [0.25, 0.3) is 5.78 Å². The molecule has 3 heterocycles. The molecule has 186 valence electrons. The van der Waals surface area contributed by atoms with Gasteiger partial charge in [0.1, 0.15) is 0 Å². The van der Waals surface area contributed by atoms with E-state index in [1.807, 2.05) is 38.1 Å². The number of aromatic nitrogens is 5. The van der Waals surface area contributed by atoms with Crippen molar-refractivity contribution in [3.8, 4) is 0 Å². The second kappa shape index (κ2) is 11.2. The normalized spacial score (nSPS) is 14.2. The fraction of sp³-hybridized carbons (Fsp3) is 0.455. The first-order valence-electron chi connectivity index (χ1n) is 11.7. The molecule has 2 aromatic heterocycles. The van der Waals surface area contributed by atoms with E-state index in [9.17, 15) is 9.59 Å². The van der Waals surface area contributed by atoms with Gasteiger partial charge in [0, 0.05) is 32.1 Å². The second-order valence-electron chi connectivity index (χ2n) is 8.07. The number of benzene rings is 1. The molecular formula is C22H30N10O2S. The van der Waals surface area contributed by atoms with Crippen LogP contribution in [0.1, 0.15) is 26.7 Å². The average molecular weight is 499 g/mol. The lowest BCUT2D eigenvalue weighted by Gasteiger charge is -2.33. The van der Waals surface area contributed by atoms with Gasteiger partial charge in [-0.25, -0.2) is 4.40 Å². The Morgan fingerprint density at radius 1 is 1.09 bits per heavy atom. The molecule has 35 heavy (non-hydrogen) atoms. The average Bonchev–Trinajstić information content (AvgIpc) is 3.27. The molecule has 0 unspecified atom stereocenters. The van der Waals surface area contributed by atoms with Crippen molar-refractivity contribution in [2.45, 2.75) is 31.8 Å². The maximum absolute atomic E-state index is 12.8. The number of amides is 2. The maximum Gasteiger partial charge on any atom is 0.261 e. The molecule has 1 saturated heterocycles. The van der Waals surface area contributed by atoms with Crippen molar-refractivity contribution in [3.05, 3.63) is 24.3 Å². The number of nitrogens with one attached hydrogen (secondary N) is 3. The summed E-state index contributed by atoms with van der Waals surface area (Å²) in [6.45, 7) is 6.70. The molecule has 0 saturated carbocycles. The van der Waals surface area contributed by atoms with E-state index in [1.54, 1.807) is 4.40 Å². The third-order valence-electron chi connectivity index (χ3n) is 5.66. The van der Waals surface area contributed by atoms with Crippen LogP contribution in [0.4, 0.5) is 23.3 Å². The number of carbonyl (C=O) groups is 2. The zero-order chi connectivity index (χ0) is 24.8. The molecule has 3 aromatic rings. The number of nitrogens with two attached hydrogens (primary N) is 1. The summed E-state index contributed by atoms with van der Waals surface area (Å²) in [5.74, 6) is 1.07. The van der Waals surface area contributed by atoms with Gasteiger partial charge in [-0.05, 0) is 38.8 Å². The number of piperidine rings is 1. The van der Waals surface area contributed by atoms with Gasteiger partial charge in [-0.3, -0.25) is 9.59 Å². The number of nitrogens with zero attached hydrogens (tertiary/aromatic N) is 6. The Bertz CT molecular complexity index is 1190. The van der Waals surface area contributed by atoms with Crippen LogP contribution in [-0.2, 0) is 9.59 Å². The monoisotopic (exact) mass is 498 g/mol. The minimum Gasteiger partial charge on any atom is -0.370 e. The molecule has 5 N–H and O–H groups in total. The lowest BCUT2D eigenvalue weighted by Crippen LogP contribution is -2.38. The first-order chi connectivity index (χ1) is 17.0. The number of carbonyl (C=O) groups excluding carboxylic acids is 2. The molecule has 1 aliphatic heterocycles. The lowest BCUT2D eigenvalue weighted by molar-refractivity contribution is -0.122. The van der Waals surface area contributed by atoms with Gasteiger partial charge < -0.3 is 26.6 Å². The Kier molecular flexibility index (Phi) is 7.85. The Morgan fingerprint density at radius 3 is 2.54 bits per heavy atom. The number of hydrogen-bond donors (Lipinski definition) is 4. The van der Waals surface area contributed by atoms with E-state index in [-0.39, 0.29) is 23.5 Å². The molecule has 0 radical (unpaired) electrons. The van der Waals surface area contributed by atoms with Crippen LogP contribution in [0, 0.1) is 5.92 Å². The van der Waals surface area contributed by atoms with Gasteiger partial charge >= 0.3 is 0 Å². The van der Waals surface area contributed by atoms with E-state index in [0.717, 1.165) is 11.4 Å². The number of anilines is 4. The molecular weight excluding hydrogens is 468 g/mol. The van der Waals surface area contributed by atoms with E-state index in [2.05, 4.69) is 41.0 Å². The Balaban J connectivity index is 1.44. The maximum atomic E-state index is 12.8. The Morgan fingerprint density at radius 2 is 1.83 bits per heavy atom. The zero-order valence-electron chi connectivity index (χ0n) is 19.8. The van der Waals surface area contributed by atoms with Crippen molar-refractivity contribution < 1.29 is 9.59 Å². The summed E-state index contributed by atoms with van der Waals surface area (Å²) in [5, 5.41) is 18.2. The van der Waals surface area contributed by atoms with Gasteiger partial charge in [-0.1, -0.05) is 23.9 Å². The number of fused-ring (bicyclic) bond motifs is 1. The van der Waals surface area contributed by atoms with Crippen molar-refractivity contribution in [1.82, 2.24) is 24.6 Å². The topological polar surface area (TPSA) is 155 Å². The van der Waals surface area contributed by atoms with Gasteiger partial charge in [0.2, 0.25) is 23.7 Å². The summed E-state index contributed by atoms with van der Waals surface area (Å²) in [6.07, 6.45) is 1.41. The van der Waals surface area contributed by atoms with Crippen LogP contribution in [0.2, 0.25) is 0 Å². The van der Waals surface area contributed by atoms with Crippen LogP contribution >= 0.6 is 11.8 Å². The molecule has 0 spiro atoms.